The molecule has 0 radical (unpaired) electrons. The van der Waals surface area contributed by atoms with Crippen molar-refractivity contribution in [3.8, 4) is 0 Å². The summed E-state index contributed by atoms with van der Waals surface area (Å²) in [6.07, 6.45) is 3.29. The predicted octanol–water partition coefficient (Wildman–Crippen LogP) is 1.24. The molecule has 0 atom stereocenters. The van der Waals surface area contributed by atoms with Crippen molar-refractivity contribution in [2.75, 3.05) is 13.1 Å². The maximum absolute atomic E-state index is 13.1. The lowest BCUT2D eigenvalue weighted by atomic mass is 10.1. The first kappa shape index (κ1) is 14.8. The van der Waals surface area contributed by atoms with Crippen LogP contribution in [-0.4, -0.2) is 21.5 Å². The van der Waals surface area contributed by atoms with Gasteiger partial charge in [-0.05, 0) is 37.1 Å². The van der Waals surface area contributed by atoms with Crippen LogP contribution in [0, 0.1) is 19.7 Å². The van der Waals surface area contributed by atoms with Gasteiger partial charge in [0.25, 0.3) is 0 Å². The molecule has 0 fully saturated rings. The molecule has 0 aliphatic carbocycles. The number of hydrogen-bond acceptors (Lipinski definition) is 3. The van der Waals surface area contributed by atoms with Gasteiger partial charge in [-0.3, -0.25) is 0 Å². The third-order valence-electron chi connectivity index (χ3n) is 2.39. The molecule has 0 unspecified atom stereocenters. The van der Waals surface area contributed by atoms with Crippen molar-refractivity contribution in [2.45, 2.75) is 18.7 Å². The van der Waals surface area contributed by atoms with Crippen LogP contribution in [0.4, 0.5) is 4.39 Å². The molecule has 0 bridgehead atoms. The fourth-order valence-electron chi connectivity index (χ4n) is 1.73. The number of nitrogens with one attached hydrogen (secondary N) is 1. The maximum atomic E-state index is 13.1. The van der Waals surface area contributed by atoms with Crippen molar-refractivity contribution >= 4 is 10.0 Å². The van der Waals surface area contributed by atoms with Crippen molar-refractivity contribution in [1.29, 1.82) is 0 Å². The predicted molar refractivity (Wildman–Crippen MR) is 69.3 cm³/mol. The van der Waals surface area contributed by atoms with E-state index >= 15 is 0 Å². The third kappa shape index (κ3) is 3.63. The molecular weight excluding hydrogens is 255 g/mol. The molecule has 1 aromatic carbocycles. The molecule has 18 heavy (non-hydrogen) atoms. The summed E-state index contributed by atoms with van der Waals surface area (Å²) < 4.78 is 39.6. The van der Waals surface area contributed by atoms with Crippen LogP contribution in [0.1, 0.15) is 11.1 Å². The Morgan fingerprint density at radius 1 is 1.28 bits per heavy atom. The molecule has 4 nitrogen and oxygen atoms in total. The second-order valence-corrected chi connectivity index (χ2v) is 5.63. The molecule has 0 amide bonds. The standard InChI is InChI=1S/C12H17FN2O2S/c1-9-7-11(13)8-10(2)12(9)18(16,17)15-6-4-3-5-14/h3-4,7-8,15H,5-6,14H2,1-2H3/b4-3+. The van der Waals surface area contributed by atoms with E-state index in [4.69, 9.17) is 5.73 Å². The second kappa shape index (κ2) is 6.08. The van der Waals surface area contributed by atoms with Gasteiger partial charge in [-0.15, -0.1) is 0 Å². The molecule has 3 N–H and O–H groups in total. The minimum Gasteiger partial charge on any atom is -0.327 e. The first-order chi connectivity index (χ1) is 8.38. The fraction of sp³-hybridized carbons (Fsp3) is 0.333. The average molecular weight is 272 g/mol. The van der Waals surface area contributed by atoms with Crippen LogP contribution in [0.25, 0.3) is 0 Å². The molecule has 0 aliphatic heterocycles. The van der Waals surface area contributed by atoms with Gasteiger partial charge in [0.2, 0.25) is 10.0 Å². The van der Waals surface area contributed by atoms with E-state index in [-0.39, 0.29) is 11.4 Å². The smallest absolute Gasteiger partial charge is 0.241 e. The molecule has 100 valence electrons. The molecule has 1 rings (SSSR count). The lowest BCUT2D eigenvalue weighted by Gasteiger charge is -2.11. The molecule has 0 aromatic heterocycles. The van der Waals surface area contributed by atoms with E-state index < -0.39 is 15.8 Å². The van der Waals surface area contributed by atoms with Crippen molar-refractivity contribution in [3.63, 3.8) is 0 Å². The monoisotopic (exact) mass is 272 g/mol. The number of aryl methyl sites for hydroxylation is 2. The Kier molecular flexibility index (Phi) is 5.01. The van der Waals surface area contributed by atoms with Crippen LogP contribution in [-0.2, 0) is 10.0 Å². The fourth-order valence-corrected chi connectivity index (χ4v) is 3.16. The zero-order valence-corrected chi connectivity index (χ0v) is 11.2. The highest BCUT2D eigenvalue weighted by Crippen LogP contribution is 2.20. The summed E-state index contributed by atoms with van der Waals surface area (Å²) in [4.78, 5) is 0.130. The Bertz CT molecular complexity index is 530. The van der Waals surface area contributed by atoms with Gasteiger partial charge in [0.15, 0.2) is 0 Å². The van der Waals surface area contributed by atoms with Crippen molar-refractivity contribution in [2.24, 2.45) is 5.73 Å². The van der Waals surface area contributed by atoms with Gasteiger partial charge in [0.05, 0.1) is 4.90 Å². The van der Waals surface area contributed by atoms with Crippen molar-refractivity contribution in [3.05, 3.63) is 41.2 Å². The van der Waals surface area contributed by atoms with E-state index in [0.29, 0.717) is 17.7 Å². The summed E-state index contributed by atoms with van der Waals surface area (Å²) in [6.45, 7) is 3.66. The first-order valence-corrected chi connectivity index (χ1v) is 6.98. The van der Waals surface area contributed by atoms with Gasteiger partial charge in [-0.1, -0.05) is 12.2 Å². The molecular formula is C12H17FN2O2S. The van der Waals surface area contributed by atoms with E-state index in [2.05, 4.69) is 4.72 Å². The van der Waals surface area contributed by atoms with Crippen molar-refractivity contribution in [1.82, 2.24) is 4.72 Å². The number of rotatable bonds is 5. The molecule has 0 saturated carbocycles. The first-order valence-electron chi connectivity index (χ1n) is 5.50. The van der Waals surface area contributed by atoms with Crippen LogP contribution in [0.2, 0.25) is 0 Å². The number of halogens is 1. The zero-order chi connectivity index (χ0) is 13.8. The maximum Gasteiger partial charge on any atom is 0.241 e. The Balaban J connectivity index is 3.02. The molecule has 6 heteroatoms. The highest BCUT2D eigenvalue weighted by Gasteiger charge is 2.19. The highest BCUT2D eigenvalue weighted by molar-refractivity contribution is 7.89. The lowest BCUT2D eigenvalue weighted by Crippen LogP contribution is -2.25. The molecule has 0 saturated heterocycles. The SMILES string of the molecule is Cc1cc(F)cc(C)c1S(=O)(=O)NC/C=C/CN. The van der Waals surface area contributed by atoms with Gasteiger partial charge >= 0.3 is 0 Å². The molecule has 0 spiro atoms. The Morgan fingerprint density at radius 2 is 1.83 bits per heavy atom. The number of sulfonamides is 1. The van der Waals surface area contributed by atoms with Gasteiger partial charge < -0.3 is 5.73 Å². The van der Waals surface area contributed by atoms with Crippen molar-refractivity contribution < 1.29 is 12.8 Å². The highest BCUT2D eigenvalue weighted by atomic mass is 32.2. The minimum absolute atomic E-state index is 0.130. The minimum atomic E-state index is -3.63. The molecule has 0 aliphatic rings. The van der Waals surface area contributed by atoms with E-state index in [9.17, 15) is 12.8 Å². The van der Waals surface area contributed by atoms with E-state index in [1.54, 1.807) is 26.0 Å². The van der Waals surface area contributed by atoms with E-state index in [0.717, 1.165) is 0 Å². The summed E-state index contributed by atoms with van der Waals surface area (Å²) in [6, 6.07) is 2.41. The van der Waals surface area contributed by atoms with Crippen LogP contribution in [0.5, 0.6) is 0 Å². The number of hydrogen-bond donors (Lipinski definition) is 2. The topological polar surface area (TPSA) is 72.2 Å². The Morgan fingerprint density at radius 3 is 2.33 bits per heavy atom. The molecule has 1 aromatic rings. The Hall–Kier alpha value is -1.24. The van der Waals surface area contributed by atoms with E-state index in [1.165, 1.54) is 12.1 Å². The van der Waals surface area contributed by atoms with Gasteiger partial charge in [0.1, 0.15) is 5.82 Å². The lowest BCUT2D eigenvalue weighted by molar-refractivity contribution is 0.582. The summed E-state index contributed by atoms with van der Waals surface area (Å²) in [5.74, 6) is -0.438. The number of nitrogens with two attached hydrogens (primary N) is 1. The zero-order valence-electron chi connectivity index (χ0n) is 10.4. The van der Waals surface area contributed by atoms with Crippen LogP contribution in [0.3, 0.4) is 0 Å². The van der Waals surface area contributed by atoms with Crippen LogP contribution < -0.4 is 10.5 Å². The summed E-state index contributed by atoms with van der Waals surface area (Å²) in [5.41, 5.74) is 6.03. The van der Waals surface area contributed by atoms with Gasteiger partial charge in [-0.25, -0.2) is 17.5 Å². The largest absolute Gasteiger partial charge is 0.327 e. The summed E-state index contributed by atoms with van der Waals surface area (Å²) in [5, 5.41) is 0. The van der Waals surface area contributed by atoms with Gasteiger partial charge in [0, 0.05) is 13.1 Å². The van der Waals surface area contributed by atoms with E-state index in [1.807, 2.05) is 0 Å². The average Bonchev–Trinajstić information content (AvgIpc) is 2.22. The second-order valence-electron chi connectivity index (χ2n) is 3.93. The van der Waals surface area contributed by atoms with Crippen LogP contribution in [0.15, 0.2) is 29.2 Å². The van der Waals surface area contributed by atoms with Gasteiger partial charge in [-0.2, -0.15) is 0 Å². The normalized spacial score (nSPS) is 12.2. The van der Waals surface area contributed by atoms with Crippen LogP contribution >= 0.6 is 0 Å². The summed E-state index contributed by atoms with van der Waals surface area (Å²) >= 11 is 0. The molecule has 0 heterocycles. The third-order valence-corrected chi connectivity index (χ3v) is 4.12. The number of benzene rings is 1. The Labute approximate surface area is 107 Å². The quantitative estimate of drug-likeness (QED) is 0.792. The summed E-state index contributed by atoms with van der Waals surface area (Å²) in [7, 11) is -3.63.